The summed E-state index contributed by atoms with van der Waals surface area (Å²) in [4.78, 5) is 120. The monoisotopic (exact) mass is 1730 g/mol. The molecular weight excluding hydrogens is 1590 g/mol. The Morgan fingerprint density at radius 2 is 0.621 bits per heavy atom. The Kier molecular flexibility index (Phi) is 44.1. The molecule has 4 atom stereocenters. The van der Waals surface area contributed by atoms with Crippen molar-refractivity contribution in [1.82, 2.24) is 29.4 Å². The minimum absolute atomic E-state index is 0.0652. The predicted molar refractivity (Wildman–Crippen MR) is 479 cm³/mol. The Balaban J connectivity index is 0.798. The fourth-order valence-corrected chi connectivity index (χ4v) is 15.9. The molecule has 0 bridgehead atoms. The molecule has 0 N–H and O–H groups in total. The first-order chi connectivity index (χ1) is 59.8. The number of carbonyl (C=O) groups is 8. The Morgan fingerprint density at radius 3 is 0.863 bits per heavy atom. The van der Waals surface area contributed by atoms with Crippen molar-refractivity contribution in [3.63, 3.8) is 0 Å². The molecule has 4 aromatic carbocycles. The number of benzene rings is 4. The van der Waals surface area contributed by atoms with Crippen molar-refractivity contribution < 1.29 is 95.2 Å². The van der Waals surface area contributed by atoms with Crippen molar-refractivity contribution in [3.8, 4) is 0 Å². The molecule has 0 aliphatic carbocycles. The fourth-order valence-electron chi connectivity index (χ4n) is 15.9. The lowest BCUT2D eigenvalue weighted by atomic mass is 9.80. The van der Waals surface area contributed by atoms with Crippen LogP contribution in [0.15, 0.2) is 148 Å². The molecule has 0 saturated carbocycles. The minimum atomic E-state index is -0.754. The van der Waals surface area contributed by atoms with Crippen LogP contribution in [0.3, 0.4) is 0 Å². The molecule has 3 aliphatic rings. The van der Waals surface area contributed by atoms with E-state index in [9.17, 15) is 38.4 Å². The highest BCUT2D eigenvalue weighted by Crippen LogP contribution is 2.35. The Morgan fingerprint density at radius 1 is 0.355 bits per heavy atom. The van der Waals surface area contributed by atoms with E-state index in [4.69, 9.17) is 56.8 Å². The van der Waals surface area contributed by atoms with E-state index < -0.39 is 45.8 Å². The van der Waals surface area contributed by atoms with E-state index in [2.05, 4.69) is 166 Å². The Hall–Kier alpha value is -8.88. The zero-order valence-corrected chi connectivity index (χ0v) is 75.6. The van der Waals surface area contributed by atoms with Crippen LogP contribution in [0.2, 0.25) is 0 Å². The summed E-state index contributed by atoms with van der Waals surface area (Å²) < 4.78 is 66.6. The smallest absolute Gasteiger partial charge is 0.330 e. The average Bonchev–Trinajstić information content (AvgIpc) is 0.785. The summed E-state index contributed by atoms with van der Waals surface area (Å²) in [6, 6.07) is 34.3. The lowest BCUT2D eigenvalue weighted by Gasteiger charge is -2.41. The summed E-state index contributed by atoms with van der Waals surface area (Å²) in [5.74, 6) is -2.56. The van der Waals surface area contributed by atoms with Crippen molar-refractivity contribution in [2.75, 3.05) is 249 Å². The van der Waals surface area contributed by atoms with Gasteiger partial charge in [0.15, 0.2) is 11.6 Å². The topological polar surface area (TPSA) is 273 Å². The average molecular weight is 1730 g/mol. The van der Waals surface area contributed by atoms with Crippen LogP contribution in [0.1, 0.15) is 135 Å². The van der Waals surface area contributed by atoms with Crippen molar-refractivity contribution >= 4 is 58.8 Å². The summed E-state index contributed by atoms with van der Waals surface area (Å²) in [5.41, 5.74) is 5.54. The molecule has 4 aromatic rings. The molecule has 3 saturated heterocycles. The molecule has 0 spiro atoms. The molecule has 3 heterocycles. The summed E-state index contributed by atoms with van der Waals surface area (Å²) in [7, 11) is 8.02. The van der Waals surface area contributed by atoms with Crippen LogP contribution in [0, 0.1) is 10.8 Å². The van der Waals surface area contributed by atoms with E-state index in [1.54, 1.807) is 0 Å². The van der Waals surface area contributed by atoms with Crippen LogP contribution >= 0.6 is 0 Å². The first-order valence-corrected chi connectivity index (χ1v) is 44.0. The van der Waals surface area contributed by atoms with Gasteiger partial charge in [-0.3, -0.25) is 48.6 Å². The van der Waals surface area contributed by atoms with Gasteiger partial charge in [0.1, 0.15) is 39.6 Å². The van der Waals surface area contributed by atoms with Gasteiger partial charge in [-0.05, 0) is 151 Å². The predicted octanol–water partition coefficient (Wildman–Crippen LogP) is 10.3. The molecule has 0 aromatic heterocycles. The molecular formula is C96H140N8O20. The first-order valence-electron chi connectivity index (χ1n) is 44.0. The summed E-state index contributed by atoms with van der Waals surface area (Å²) in [6.07, 6.45) is 8.52. The molecule has 684 valence electrons. The molecule has 7 rings (SSSR count). The third kappa shape index (κ3) is 31.9. The number of likely N-dealkylation sites (N-methyl/N-ethyl adjacent to an activating group) is 2. The number of hydrogen-bond donors (Lipinski definition) is 0. The zero-order chi connectivity index (χ0) is 89.9. The molecule has 28 nitrogen and oxygen atoms in total. The lowest BCUT2D eigenvalue weighted by Crippen LogP contribution is -2.52. The van der Waals surface area contributed by atoms with E-state index in [1.807, 2.05) is 66.3 Å². The second-order valence-corrected chi connectivity index (χ2v) is 32.7. The number of carbonyl (C=O) groups excluding carboxylic acids is 8. The second kappa shape index (κ2) is 53.6. The first kappa shape index (κ1) is 102. The molecule has 0 amide bonds. The number of rotatable bonds is 60. The van der Waals surface area contributed by atoms with Crippen LogP contribution in [0.5, 0.6) is 0 Å². The molecule has 3 aliphatic heterocycles. The van der Waals surface area contributed by atoms with Gasteiger partial charge in [-0.1, -0.05) is 103 Å². The standard InChI is InChI=1S/C96H140N8O20/c1-15-85(105)119-61-55-113-69-93(19-5,70-114-56-62-120-86(106)16-2)73-117-59-65-123-89(109)39-41-99-43-47-103(48-44-99)83-35-31-81(32-36-83)91(111)95(21-7,97(11)12)67-77-23-27-79(28-24-77)75(9)101-51-53-102(54-52-101)76(10)80-29-25-78(26-30-80)68-96(22-8,98(13)14)92(112)82-33-37-84(38-34-82)104-49-45-100(46-50-104)42-40-90(110)124-66-60-118-74-94(20-6,71-115-57-63-121-87(107)17-3)72-116-58-64-122-88(108)18-4/h15-18,23-38,75-76H,1-4,19-22,39-74H2,5-14H3. The van der Waals surface area contributed by atoms with Crippen LogP contribution in [-0.2, 0) is 98.5 Å². The lowest BCUT2D eigenvalue weighted by molar-refractivity contribution is -0.148. The number of nitrogens with zero attached hydrogens (tertiary/aromatic N) is 8. The van der Waals surface area contributed by atoms with Gasteiger partial charge < -0.3 is 66.6 Å². The van der Waals surface area contributed by atoms with Crippen LogP contribution in [0.4, 0.5) is 11.4 Å². The maximum absolute atomic E-state index is 14.8. The van der Waals surface area contributed by atoms with E-state index >= 15 is 0 Å². The van der Waals surface area contributed by atoms with Gasteiger partial charge in [0.25, 0.3) is 0 Å². The fraction of sp³-hybridized carbons (Fsp3) is 0.583. The highest BCUT2D eigenvalue weighted by molar-refractivity contribution is 6.04. The van der Waals surface area contributed by atoms with Gasteiger partial charge in [0, 0.05) is 161 Å². The minimum Gasteiger partial charge on any atom is -0.463 e. The third-order valence-corrected chi connectivity index (χ3v) is 24.6. The molecule has 4 unspecified atom stereocenters. The number of hydrogen-bond acceptors (Lipinski definition) is 28. The van der Waals surface area contributed by atoms with Gasteiger partial charge in [0.05, 0.1) is 103 Å². The van der Waals surface area contributed by atoms with Crippen molar-refractivity contribution in [3.05, 3.63) is 181 Å². The van der Waals surface area contributed by atoms with Crippen molar-refractivity contribution in [2.24, 2.45) is 10.8 Å². The van der Waals surface area contributed by atoms with Gasteiger partial charge >= 0.3 is 35.8 Å². The van der Waals surface area contributed by atoms with Crippen LogP contribution in [0.25, 0.3) is 0 Å². The van der Waals surface area contributed by atoms with Crippen LogP contribution < -0.4 is 9.80 Å². The Labute approximate surface area is 736 Å². The summed E-state index contributed by atoms with van der Waals surface area (Å²) in [6.45, 7) is 40.4. The van der Waals surface area contributed by atoms with Crippen LogP contribution in [-0.4, -0.2) is 327 Å². The van der Waals surface area contributed by atoms with Crippen molar-refractivity contribution in [2.45, 2.75) is 116 Å². The van der Waals surface area contributed by atoms with E-state index in [-0.39, 0.29) is 167 Å². The van der Waals surface area contributed by atoms with Gasteiger partial charge in [-0.15, -0.1) is 0 Å². The highest BCUT2D eigenvalue weighted by atomic mass is 16.6. The largest absolute Gasteiger partial charge is 0.463 e. The quantitative estimate of drug-likeness (QED) is 0.0131. The summed E-state index contributed by atoms with van der Waals surface area (Å²) in [5, 5.41) is 0. The third-order valence-electron chi connectivity index (χ3n) is 24.6. The summed E-state index contributed by atoms with van der Waals surface area (Å²) >= 11 is 0. The maximum Gasteiger partial charge on any atom is 0.330 e. The number of anilines is 2. The van der Waals surface area contributed by atoms with Gasteiger partial charge in [0.2, 0.25) is 0 Å². The Bertz CT molecular complexity index is 3640. The zero-order valence-electron chi connectivity index (χ0n) is 75.6. The molecule has 3 fully saturated rings. The second-order valence-electron chi connectivity index (χ2n) is 32.7. The maximum atomic E-state index is 14.8. The van der Waals surface area contributed by atoms with Gasteiger partial charge in [-0.25, -0.2) is 19.2 Å². The molecule has 28 heteroatoms. The number of ketones is 2. The molecule has 0 radical (unpaired) electrons. The van der Waals surface area contributed by atoms with Crippen molar-refractivity contribution in [1.29, 1.82) is 0 Å². The number of esters is 6. The number of ether oxygens (including phenoxy) is 12. The SMILES string of the molecule is C=CC(=O)OCCOCC(CC)(COCCOC(=O)C=C)COCCOC(=O)CCN1CCN(c2ccc(C(=O)C(CC)(Cc3ccc(C(C)N4CCN(C(C)c5ccc(CC(CC)(C(=O)c6ccc(N7CCN(CCC(=O)OCCOCC(CC)(COCCOC(=O)C=C)COCCOC(=O)C=C)CC7)cc6)N(C)C)cc5)CC4)cc3)N(C)C)cc2)CC1. The van der Waals surface area contributed by atoms with E-state index in [0.717, 1.165) is 125 Å². The normalized spacial score (nSPS) is 16.0. The number of Topliss-reactive ketones (excluding diaryl/α,β-unsaturated/α-hetero) is 2. The highest BCUT2D eigenvalue weighted by Gasteiger charge is 2.42. The van der Waals surface area contributed by atoms with Gasteiger partial charge in [-0.2, -0.15) is 0 Å². The van der Waals surface area contributed by atoms with E-state index in [1.165, 1.54) is 11.1 Å². The number of piperazine rings is 3. The molecule has 124 heavy (non-hydrogen) atoms. The van der Waals surface area contributed by atoms with E-state index in [0.29, 0.717) is 62.7 Å².